The number of furan rings is 1. The van der Waals surface area contributed by atoms with Gasteiger partial charge in [0.05, 0.1) is 19.5 Å². The van der Waals surface area contributed by atoms with Crippen molar-refractivity contribution in [3.8, 4) is 5.75 Å². The number of ether oxygens (including phenoxy) is 1. The summed E-state index contributed by atoms with van der Waals surface area (Å²) in [7, 11) is 1.63. The second kappa shape index (κ2) is 5.92. The molecule has 0 saturated heterocycles. The second-order valence-electron chi connectivity index (χ2n) is 4.86. The van der Waals surface area contributed by atoms with Gasteiger partial charge in [0.1, 0.15) is 11.3 Å². The predicted octanol–water partition coefficient (Wildman–Crippen LogP) is 4.48. The van der Waals surface area contributed by atoms with Gasteiger partial charge >= 0.3 is 0 Å². The van der Waals surface area contributed by atoms with Crippen molar-refractivity contribution >= 4 is 26.9 Å². The fourth-order valence-electron chi connectivity index (χ4n) is 2.48. The number of methoxy groups -OCH3 is 1. The van der Waals surface area contributed by atoms with Crippen LogP contribution in [0, 0.1) is 0 Å². The number of halogens is 1. The number of fused-ring (bicyclic) bond motifs is 1. The Labute approximate surface area is 131 Å². The van der Waals surface area contributed by atoms with Gasteiger partial charge < -0.3 is 14.3 Å². The van der Waals surface area contributed by atoms with Crippen LogP contribution in [-0.4, -0.2) is 12.2 Å². The Morgan fingerprint density at radius 3 is 2.86 bits per heavy atom. The summed E-state index contributed by atoms with van der Waals surface area (Å²) in [5.41, 5.74) is 2.53. The Kier molecular flexibility index (Phi) is 3.99. The first-order chi connectivity index (χ1) is 10.2. The average Bonchev–Trinajstić information content (AvgIpc) is 2.91. The second-order valence-corrected chi connectivity index (χ2v) is 5.78. The fourth-order valence-corrected chi connectivity index (χ4v) is 2.89. The maximum absolute atomic E-state index is 10.5. The van der Waals surface area contributed by atoms with Crippen LogP contribution in [0.1, 0.15) is 17.2 Å². The Bertz CT molecular complexity index is 764. The van der Waals surface area contributed by atoms with Crippen LogP contribution in [0.2, 0.25) is 0 Å². The van der Waals surface area contributed by atoms with Gasteiger partial charge in [0, 0.05) is 21.8 Å². The summed E-state index contributed by atoms with van der Waals surface area (Å²) in [6, 6.07) is 13.5. The molecule has 3 nitrogen and oxygen atoms in total. The van der Waals surface area contributed by atoms with Crippen LogP contribution in [-0.2, 0) is 6.42 Å². The summed E-state index contributed by atoms with van der Waals surface area (Å²) < 4.78 is 11.8. The molecule has 0 amide bonds. The Balaban J connectivity index is 1.93. The van der Waals surface area contributed by atoms with E-state index in [1.807, 2.05) is 42.5 Å². The van der Waals surface area contributed by atoms with E-state index < -0.39 is 6.10 Å². The van der Waals surface area contributed by atoms with Crippen molar-refractivity contribution in [1.29, 1.82) is 0 Å². The first-order valence-corrected chi connectivity index (χ1v) is 7.45. The van der Waals surface area contributed by atoms with Gasteiger partial charge in [-0.1, -0.05) is 34.1 Å². The first kappa shape index (κ1) is 14.2. The Morgan fingerprint density at radius 2 is 2.05 bits per heavy atom. The van der Waals surface area contributed by atoms with E-state index in [9.17, 15) is 5.11 Å². The highest BCUT2D eigenvalue weighted by molar-refractivity contribution is 9.10. The van der Waals surface area contributed by atoms with E-state index >= 15 is 0 Å². The molecule has 1 heterocycles. The van der Waals surface area contributed by atoms with E-state index in [1.54, 1.807) is 13.4 Å². The van der Waals surface area contributed by atoms with Gasteiger partial charge in [0.25, 0.3) is 0 Å². The van der Waals surface area contributed by atoms with E-state index in [0.29, 0.717) is 6.42 Å². The molecule has 3 rings (SSSR count). The normalized spacial score (nSPS) is 12.5. The molecule has 2 aromatic carbocycles. The average molecular weight is 347 g/mol. The van der Waals surface area contributed by atoms with Crippen LogP contribution in [0.3, 0.4) is 0 Å². The molecule has 0 radical (unpaired) electrons. The van der Waals surface area contributed by atoms with Gasteiger partial charge in [-0.2, -0.15) is 0 Å². The van der Waals surface area contributed by atoms with Gasteiger partial charge in [-0.3, -0.25) is 0 Å². The Hall–Kier alpha value is -1.78. The monoisotopic (exact) mass is 346 g/mol. The molecule has 1 unspecified atom stereocenters. The first-order valence-electron chi connectivity index (χ1n) is 6.65. The molecule has 4 heteroatoms. The van der Waals surface area contributed by atoms with Crippen molar-refractivity contribution in [2.75, 3.05) is 7.11 Å². The summed E-state index contributed by atoms with van der Waals surface area (Å²) >= 11 is 3.45. The van der Waals surface area contributed by atoms with Gasteiger partial charge in [-0.15, -0.1) is 0 Å². The minimum absolute atomic E-state index is 0.464. The summed E-state index contributed by atoms with van der Waals surface area (Å²) in [4.78, 5) is 0. The summed E-state index contributed by atoms with van der Waals surface area (Å²) in [6.07, 6.45) is 1.45. The lowest BCUT2D eigenvalue weighted by Gasteiger charge is -2.13. The topological polar surface area (TPSA) is 42.6 Å². The summed E-state index contributed by atoms with van der Waals surface area (Å²) in [5.74, 6) is 0.769. The third-order valence-corrected chi connectivity index (χ3v) is 4.02. The van der Waals surface area contributed by atoms with E-state index in [0.717, 1.165) is 32.3 Å². The molecule has 0 aliphatic carbocycles. The quantitative estimate of drug-likeness (QED) is 0.757. The molecule has 1 aromatic heterocycles. The largest absolute Gasteiger partial charge is 0.496 e. The van der Waals surface area contributed by atoms with Gasteiger partial charge in [-0.25, -0.2) is 0 Å². The molecule has 108 valence electrons. The molecule has 0 aliphatic rings. The van der Waals surface area contributed by atoms with Gasteiger partial charge in [0.2, 0.25) is 0 Å². The number of hydrogen-bond donors (Lipinski definition) is 1. The zero-order valence-corrected chi connectivity index (χ0v) is 13.1. The predicted molar refractivity (Wildman–Crippen MR) is 85.6 cm³/mol. The van der Waals surface area contributed by atoms with Crippen molar-refractivity contribution in [2.45, 2.75) is 12.5 Å². The van der Waals surface area contributed by atoms with Crippen molar-refractivity contribution in [3.05, 3.63) is 64.3 Å². The minimum atomic E-state index is -0.642. The van der Waals surface area contributed by atoms with Crippen molar-refractivity contribution in [1.82, 2.24) is 0 Å². The molecule has 0 fully saturated rings. The maximum atomic E-state index is 10.5. The van der Waals surface area contributed by atoms with Crippen LogP contribution in [0.5, 0.6) is 5.75 Å². The number of hydrogen-bond acceptors (Lipinski definition) is 3. The molecule has 0 saturated carbocycles. The maximum Gasteiger partial charge on any atom is 0.134 e. The summed E-state index contributed by atoms with van der Waals surface area (Å²) in [5, 5.41) is 11.5. The molecule has 0 bridgehead atoms. The molecular formula is C17H15BrO3. The van der Waals surface area contributed by atoms with E-state index in [-0.39, 0.29) is 0 Å². The number of aliphatic hydroxyl groups excluding tert-OH is 1. The van der Waals surface area contributed by atoms with Crippen LogP contribution in [0.25, 0.3) is 11.0 Å². The number of rotatable bonds is 4. The lowest BCUT2D eigenvalue weighted by Crippen LogP contribution is -2.03. The zero-order chi connectivity index (χ0) is 14.8. The third kappa shape index (κ3) is 2.82. The number of para-hydroxylation sites is 1. The van der Waals surface area contributed by atoms with Crippen LogP contribution in [0.15, 0.2) is 57.6 Å². The Morgan fingerprint density at radius 1 is 1.24 bits per heavy atom. The fraction of sp³-hybridized carbons (Fsp3) is 0.176. The van der Waals surface area contributed by atoms with Gasteiger partial charge in [0.15, 0.2) is 0 Å². The SMILES string of the molecule is COc1ccc(Br)cc1CC(O)c1coc2ccccc12. The van der Waals surface area contributed by atoms with E-state index in [4.69, 9.17) is 9.15 Å². The summed E-state index contributed by atoms with van der Waals surface area (Å²) in [6.45, 7) is 0. The lowest BCUT2D eigenvalue weighted by molar-refractivity contribution is 0.177. The lowest BCUT2D eigenvalue weighted by atomic mass is 10.0. The van der Waals surface area contributed by atoms with Crippen LogP contribution >= 0.6 is 15.9 Å². The molecular weight excluding hydrogens is 332 g/mol. The highest BCUT2D eigenvalue weighted by atomic mass is 79.9. The minimum Gasteiger partial charge on any atom is -0.496 e. The van der Waals surface area contributed by atoms with Crippen molar-refractivity contribution < 1.29 is 14.3 Å². The standard InChI is InChI=1S/C17H15BrO3/c1-20-16-7-6-12(18)8-11(16)9-15(19)14-10-21-17-5-3-2-4-13(14)17/h2-8,10,15,19H,9H2,1H3. The molecule has 1 N–H and O–H groups in total. The molecule has 21 heavy (non-hydrogen) atoms. The highest BCUT2D eigenvalue weighted by Crippen LogP contribution is 2.31. The highest BCUT2D eigenvalue weighted by Gasteiger charge is 2.17. The van der Waals surface area contributed by atoms with E-state index in [2.05, 4.69) is 15.9 Å². The number of aliphatic hydroxyl groups is 1. The van der Waals surface area contributed by atoms with Crippen molar-refractivity contribution in [3.63, 3.8) is 0 Å². The molecule has 0 spiro atoms. The zero-order valence-electron chi connectivity index (χ0n) is 11.5. The van der Waals surface area contributed by atoms with E-state index in [1.165, 1.54) is 0 Å². The smallest absolute Gasteiger partial charge is 0.134 e. The molecule has 3 aromatic rings. The third-order valence-electron chi connectivity index (χ3n) is 3.53. The van der Waals surface area contributed by atoms with Crippen LogP contribution < -0.4 is 4.74 Å². The molecule has 0 aliphatic heterocycles. The molecule has 1 atom stereocenters. The van der Waals surface area contributed by atoms with Gasteiger partial charge in [-0.05, 0) is 29.8 Å². The van der Waals surface area contributed by atoms with Crippen molar-refractivity contribution in [2.24, 2.45) is 0 Å². The number of benzene rings is 2. The van der Waals surface area contributed by atoms with Crippen LogP contribution in [0.4, 0.5) is 0 Å².